The predicted molar refractivity (Wildman–Crippen MR) is 80.6 cm³/mol. The zero-order valence-corrected chi connectivity index (χ0v) is 12.7. The molecule has 0 aliphatic carbocycles. The van der Waals surface area contributed by atoms with Gasteiger partial charge in [0, 0.05) is 11.3 Å². The van der Waals surface area contributed by atoms with Crippen LogP contribution in [0.1, 0.15) is 57.5 Å². The van der Waals surface area contributed by atoms with Crippen LogP contribution in [0, 0.1) is 5.92 Å². The van der Waals surface area contributed by atoms with Crippen LogP contribution in [-0.2, 0) is 5.41 Å². The van der Waals surface area contributed by atoms with E-state index in [1.54, 1.807) is 0 Å². The van der Waals surface area contributed by atoms with E-state index in [1.165, 1.54) is 5.56 Å². The van der Waals surface area contributed by atoms with Crippen molar-refractivity contribution in [2.45, 2.75) is 47.0 Å². The molecule has 1 rings (SSSR count). The molecule has 0 unspecified atom stereocenters. The van der Waals surface area contributed by atoms with Crippen LogP contribution < -0.4 is 5.43 Å². The van der Waals surface area contributed by atoms with Gasteiger partial charge in [-0.25, -0.2) is 5.43 Å². The molecule has 104 valence electrons. The van der Waals surface area contributed by atoms with E-state index in [0.717, 1.165) is 5.71 Å². The highest BCUT2D eigenvalue weighted by Gasteiger charge is 2.14. The minimum atomic E-state index is -0.166. The third-order valence-corrected chi connectivity index (χ3v) is 3.18. The van der Waals surface area contributed by atoms with Gasteiger partial charge in [-0.05, 0) is 36.0 Å². The molecule has 0 atom stereocenters. The van der Waals surface area contributed by atoms with Crippen molar-refractivity contribution in [3.8, 4) is 0 Å². The highest BCUT2D eigenvalue weighted by atomic mass is 16.2. The first kappa shape index (κ1) is 15.4. The van der Waals surface area contributed by atoms with Gasteiger partial charge in [-0.3, -0.25) is 4.79 Å². The lowest BCUT2D eigenvalue weighted by atomic mass is 9.87. The van der Waals surface area contributed by atoms with Gasteiger partial charge in [0.1, 0.15) is 0 Å². The van der Waals surface area contributed by atoms with E-state index in [4.69, 9.17) is 0 Å². The number of benzene rings is 1. The summed E-state index contributed by atoms with van der Waals surface area (Å²) in [5, 5.41) is 4.09. The first-order valence-corrected chi connectivity index (χ1v) is 6.67. The van der Waals surface area contributed by atoms with Gasteiger partial charge < -0.3 is 0 Å². The van der Waals surface area contributed by atoms with Crippen molar-refractivity contribution in [1.29, 1.82) is 0 Å². The van der Waals surface area contributed by atoms with Crippen LogP contribution in [-0.4, -0.2) is 11.6 Å². The lowest BCUT2D eigenvalue weighted by Gasteiger charge is -2.18. The number of amides is 1. The number of carbonyl (C=O) groups excluding carboxylic acids is 1. The van der Waals surface area contributed by atoms with Gasteiger partial charge >= 0.3 is 0 Å². The quantitative estimate of drug-likeness (QED) is 0.652. The summed E-state index contributed by atoms with van der Waals surface area (Å²) < 4.78 is 0. The van der Waals surface area contributed by atoms with E-state index < -0.39 is 0 Å². The van der Waals surface area contributed by atoms with Crippen molar-refractivity contribution >= 4 is 11.6 Å². The van der Waals surface area contributed by atoms with E-state index in [9.17, 15) is 4.79 Å². The van der Waals surface area contributed by atoms with Crippen LogP contribution in [0.15, 0.2) is 29.4 Å². The molecule has 0 aliphatic heterocycles. The Balaban J connectivity index is 2.77. The number of nitrogens with one attached hydrogen (secondary N) is 1. The Kier molecular flexibility index (Phi) is 4.87. The zero-order chi connectivity index (χ0) is 14.6. The Morgan fingerprint density at radius 2 is 1.68 bits per heavy atom. The van der Waals surface area contributed by atoms with Gasteiger partial charge in [0.05, 0.1) is 0 Å². The van der Waals surface area contributed by atoms with Gasteiger partial charge in [-0.2, -0.15) is 5.10 Å². The molecule has 0 spiro atoms. The molecule has 19 heavy (non-hydrogen) atoms. The van der Waals surface area contributed by atoms with E-state index in [0.29, 0.717) is 11.5 Å². The normalized spacial score (nSPS) is 12.7. The summed E-state index contributed by atoms with van der Waals surface area (Å²) >= 11 is 0. The summed E-state index contributed by atoms with van der Waals surface area (Å²) in [6, 6.07) is 7.67. The first-order valence-electron chi connectivity index (χ1n) is 6.67. The van der Waals surface area contributed by atoms with Crippen LogP contribution in [0.2, 0.25) is 0 Å². The van der Waals surface area contributed by atoms with E-state index in [2.05, 4.69) is 31.3 Å². The van der Waals surface area contributed by atoms with Crippen molar-refractivity contribution in [2.24, 2.45) is 11.0 Å². The molecule has 1 amide bonds. The maximum absolute atomic E-state index is 11.9. The molecule has 0 bridgehead atoms. The fourth-order valence-corrected chi connectivity index (χ4v) is 1.45. The molecule has 0 saturated carbocycles. The third kappa shape index (κ3) is 4.51. The number of carbonyl (C=O) groups is 1. The Morgan fingerprint density at radius 3 is 2.11 bits per heavy atom. The highest BCUT2D eigenvalue weighted by Crippen LogP contribution is 2.22. The molecule has 0 aliphatic rings. The van der Waals surface area contributed by atoms with Crippen LogP contribution in [0.4, 0.5) is 0 Å². The molecule has 3 nitrogen and oxygen atoms in total. The number of nitrogens with zero attached hydrogens (tertiary/aromatic N) is 1. The number of rotatable bonds is 3. The molecular formula is C16H24N2O. The molecule has 1 aromatic carbocycles. The van der Waals surface area contributed by atoms with Gasteiger partial charge in [0.15, 0.2) is 0 Å². The fourth-order valence-electron chi connectivity index (χ4n) is 1.45. The SMILES string of the molecule is CC(=NNC(=O)c1ccc(C(C)(C)C)cc1)C(C)C. The summed E-state index contributed by atoms with van der Waals surface area (Å²) in [7, 11) is 0. The summed E-state index contributed by atoms with van der Waals surface area (Å²) in [6.07, 6.45) is 0. The summed E-state index contributed by atoms with van der Waals surface area (Å²) in [4.78, 5) is 11.9. The number of hydrogen-bond donors (Lipinski definition) is 1. The summed E-state index contributed by atoms with van der Waals surface area (Å²) in [6.45, 7) is 12.5. The average Bonchev–Trinajstić information content (AvgIpc) is 2.34. The van der Waals surface area contributed by atoms with Gasteiger partial charge in [-0.15, -0.1) is 0 Å². The van der Waals surface area contributed by atoms with Crippen molar-refractivity contribution in [1.82, 2.24) is 5.43 Å². The molecule has 0 aromatic heterocycles. The Morgan fingerprint density at radius 1 is 1.16 bits per heavy atom. The van der Waals surface area contributed by atoms with Crippen molar-refractivity contribution in [3.63, 3.8) is 0 Å². The molecule has 3 heteroatoms. The standard InChI is InChI=1S/C16H24N2O/c1-11(2)12(3)17-18-15(19)13-7-9-14(10-8-13)16(4,5)6/h7-11H,1-6H3,(H,18,19). The van der Waals surface area contributed by atoms with Crippen LogP contribution >= 0.6 is 0 Å². The maximum atomic E-state index is 11.9. The molecule has 1 N–H and O–H groups in total. The van der Waals surface area contributed by atoms with Crippen molar-refractivity contribution in [2.75, 3.05) is 0 Å². The van der Waals surface area contributed by atoms with E-state index in [-0.39, 0.29) is 11.3 Å². The molecular weight excluding hydrogens is 236 g/mol. The lowest BCUT2D eigenvalue weighted by Crippen LogP contribution is -2.20. The largest absolute Gasteiger partial charge is 0.271 e. The second-order valence-corrected chi connectivity index (χ2v) is 6.18. The fraction of sp³-hybridized carbons (Fsp3) is 0.500. The van der Waals surface area contributed by atoms with Crippen molar-refractivity contribution in [3.05, 3.63) is 35.4 Å². The minimum Gasteiger partial charge on any atom is -0.267 e. The minimum absolute atomic E-state index is 0.0986. The second kappa shape index (κ2) is 6.00. The third-order valence-electron chi connectivity index (χ3n) is 3.18. The van der Waals surface area contributed by atoms with Crippen LogP contribution in [0.3, 0.4) is 0 Å². The van der Waals surface area contributed by atoms with E-state index in [1.807, 2.05) is 45.0 Å². The first-order chi connectivity index (χ1) is 8.71. The summed E-state index contributed by atoms with van der Waals surface area (Å²) in [5.74, 6) is 0.170. The Labute approximate surface area is 116 Å². The maximum Gasteiger partial charge on any atom is 0.271 e. The number of hydrazone groups is 1. The molecule has 0 fully saturated rings. The monoisotopic (exact) mass is 260 g/mol. The number of hydrogen-bond acceptors (Lipinski definition) is 2. The van der Waals surface area contributed by atoms with Gasteiger partial charge in [0.2, 0.25) is 0 Å². The second-order valence-electron chi connectivity index (χ2n) is 6.18. The predicted octanol–water partition coefficient (Wildman–Crippen LogP) is 3.75. The van der Waals surface area contributed by atoms with E-state index >= 15 is 0 Å². The molecule has 0 radical (unpaired) electrons. The average molecular weight is 260 g/mol. The van der Waals surface area contributed by atoms with Crippen molar-refractivity contribution < 1.29 is 4.79 Å². The van der Waals surface area contributed by atoms with Crippen LogP contribution in [0.5, 0.6) is 0 Å². The lowest BCUT2D eigenvalue weighted by molar-refractivity contribution is 0.0954. The highest BCUT2D eigenvalue weighted by molar-refractivity contribution is 5.95. The Hall–Kier alpha value is -1.64. The van der Waals surface area contributed by atoms with Crippen LogP contribution in [0.25, 0.3) is 0 Å². The van der Waals surface area contributed by atoms with Gasteiger partial charge in [0.25, 0.3) is 5.91 Å². The zero-order valence-electron chi connectivity index (χ0n) is 12.7. The molecule has 1 aromatic rings. The molecule has 0 saturated heterocycles. The topological polar surface area (TPSA) is 41.5 Å². The summed E-state index contributed by atoms with van der Waals surface area (Å²) in [5.41, 5.74) is 5.45. The molecule has 0 heterocycles. The smallest absolute Gasteiger partial charge is 0.267 e. The van der Waals surface area contributed by atoms with Gasteiger partial charge in [-0.1, -0.05) is 46.8 Å². The Bertz CT molecular complexity index is 465.